The molecule has 1 N–H and O–H groups in total. The predicted octanol–water partition coefficient (Wildman–Crippen LogP) is 1.09. The molecule has 1 aliphatic heterocycles. The average Bonchev–Trinajstić information content (AvgIpc) is 2.34. The fraction of sp³-hybridized carbons (Fsp3) is 0.667. The largest absolute Gasteiger partial charge is 0.309 e. The standard InChI is InChI=1S/C9H15N3/c1-9(2)6-10-8(9)7-4-11-12(3)5-7/h4-5,8,10H,6H2,1-3H3/t8-/m1/s1. The molecule has 3 nitrogen and oxygen atoms in total. The van der Waals surface area contributed by atoms with Crippen LogP contribution in [0.4, 0.5) is 0 Å². The molecule has 1 aromatic heterocycles. The number of nitrogens with zero attached hydrogens (tertiary/aromatic N) is 2. The van der Waals surface area contributed by atoms with Crippen molar-refractivity contribution in [1.82, 2.24) is 15.1 Å². The third-order valence-electron chi connectivity index (χ3n) is 2.60. The Morgan fingerprint density at radius 1 is 1.67 bits per heavy atom. The zero-order valence-corrected chi connectivity index (χ0v) is 7.83. The van der Waals surface area contributed by atoms with Gasteiger partial charge in [0.1, 0.15) is 0 Å². The molecule has 1 saturated heterocycles. The maximum Gasteiger partial charge on any atom is 0.0537 e. The molecule has 0 amide bonds. The molecule has 0 aromatic carbocycles. The number of nitrogens with one attached hydrogen (secondary N) is 1. The first-order valence-electron chi connectivity index (χ1n) is 4.31. The van der Waals surface area contributed by atoms with Crippen LogP contribution in [0.3, 0.4) is 0 Å². The second kappa shape index (κ2) is 2.33. The summed E-state index contributed by atoms with van der Waals surface area (Å²) in [7, 11) is 1.95. The molecule has 66 valence electrons. The molecule has 2 rings (SSSR count). The number of hydrogen-bond acceptors (Lipinski definition) is 2. The number of rotatable bonds is 1. The highest BCUT2D eigenvalue weighted by Gasteiger charge is 2.39. The van der Waals surface area contributed by atoms with Gasteiger partial charge in [-0.1, -0.05) is 13.8 Å². The van der Waals surface area contributed by atoms with Crippen LogP contribution < -0.4 is 5.32 Å². The van der Waals surface area contributed by atoms with Crippen molar-refractivity contribution in [1.29, 1.82) is 0 Å². The van der Waals surface area contributed by atoms with Gasteiger partial charge >= 0.3 is 0 Å². The Hall–Kier alpha value is -0.830. The topological polar surface area (TPSA) is 29.9 Å². The molecule has 3 heteroatoms. The SMILES string of the molecule is Cn1cc([C@H]2NCC2(C)C)cn1. The molecule has 0 unspecified atom stereocenters. The van der Waals surface area contributed by atoms with E-state index >= 15 is 0 Å². The van der Waals surface area contributed by atoms with Gasteiger partial charge in [-0.05, 0) is 5.41 Å². The summed E-state index contributed by atoms with van der Waals surface area (Å²) in [5, 5.41) is 7.57. The van der Waals surface area contributed by atoms with Gasteiger partial charge in [-0.3, -0.25) is 4.68 Å². The van der Waals surface area contributed by atoms with Gasteiger partial charge in [0.05, 0.1) is 6.20 Å². The Labute approximate surface area is 72.8 Å². The minimum absolute atomic E-state index is 0.392. The van der Waals surface area contributed by atoms with Gasteiger partial charge in [0.25, 0.3) is 0 Å². The highest BCUT2D eigenvalue weighted by atomic mass is 15.2. The first-order valence-corrected chi connectivity index (χ1v) is 4.31. The van der Waals surface area contributed by atoms with E-state index < -0.39 is 0 Å². The number of hydrogen-bond donors (Lipinski definition) is 1. The lowest BCUT2D eigenvalue weighted by molar-refractivity contribution is 0.128. The van der Waals surface area contributed by atoms with Crippen LogP contribution in [-0.2, 0) is 7.05 Å². The minimum Gasteiger partial charge on any atom is -0.309 e. The fourth-order valence-corrected chi connectivity index (χ4v) is 1.77. The van der Waals surface area contributed by atoms with Crippen molar-refractivity contribution in [2.24, 2.45) is 12.5 Å². The van der Waals surface area contributed by atoms with Gasteiger partial charge in [-0.25, -0.2) is 0 Å². The van der Waals surface area contributed by atoms with Crippen LogP contribution in [0.5, 0.6) is 0 Å². The van der Waals surface area contributed by atoms with Crippen LogP contribution in [0.2, 0.25) is 0 Å². The molecule has 1 fully saturated rings. The van der Waals surface area contributed by atoms with Gasteiger partial charge in [0, 0.05) is 31.4 Å². The molecule has 1 atom stereocenters. The van der Waals surface area contributed by atoms with Gasteiger partial charge in [-0.2, -0.15) is 5.10 Å². The van der Waals surface area contributed by atoms with Crippen LogP contribution in [0.15, 0.2) is 12.4 Å². The molecule has 12 heavy (non-hydrogen) atoms. The second-order valence-corrected chi connectivity index (χ2v) is 4.25. The van der Waals surface area contributed by atoms with Crippen molar-refractivity contribution >= 4 is 0 Å². The van der Waals surface area contributed by atoms with Gasteiger partial charge < -0.3 is 5.32 Å². The van der Waals surface area contributed by atoms with E-state index in [9.17, 15) is 0 Å². The second-order valence-electron chi connectivity index (χ2n) is 4.25. The minimum atomic E-state index is 0.392. The van der Waals surface area contributed by atoms with Crippen LogP contribution in [0.1, 0.15) is 25.5 Å². The summed E-state index contributed by atoms with van der Waals surface area (Å²) in [4.78, 5) is 0. The summed E-state index contributed by atoms with van der Waals surface area (Å²) >= 11 is 0. The van der Waals surface area contributed by atoms with Gasteiger partial charge in [-0.15, -0.1) is 0 Å². The summed E-state index contributed by atoms with van der Waals surface area (Å²) in [6, 6.07) is 0.492. The molecular weight excluding hydrogens is 150 g/mol. The molecular formula is C9H15N3. The van der Waals surface area contributed by atoms with E-state index in [4.69, 9.17) is 0 Å². The molecule has 0 aliphatic carbocycles. The Morgan fingerprint density at radius 2 is 2.42 bits per heavy atom. The van der Waals surface area contributed by atoms with Crippen LogP contribution in [0.25, 0.3) is 0 Å². The molecule has 1 aliphatic rings. The first-order chi connectivity index (χ1) is 5.59. The van der Waals surface area contributed by atoms with E-state index in [0.717, 1.165) is 6.54 Å². The smallest absolute Gasteiger partial charge is 0.0537 e. The van der Waals surface area contributed by atoms with Crippen molar-refractivity contribution in [3.8, 4) is 0 Å². The molecule has 2 heterocycles. The van der Waals surface area contributed by atoms with E-state index in [1.54, 1.807) is 0 Å². The van der Waals surface area contributed by atoms with E-state index in [1.165, 1.54) is 5.56 Å². The molecule has 0 radical (unpaired) electrons. The lowest BCUT2D eigenvalue weighted by Gasteiger charge is -2.45. The molecule has 0 spiro atoms. The Bertz CT molecular complexity index is 288. The van der Waals surface area contributed by atoms with Crippen molar-refractivity contribution in [3.05, 3.63) is 18.0 Å². The summed E-state index contributed by atoms with van der Waals surface area (Å²) in [6.45, 7) is 5.66. The van der Waals surface area contributed by atoms with Crippen molar-refractivity contribution in [2.45, 2.75) is 19.9 Å². The highest BCUT2D eigenvalue weighted by Crippen LogP contribution is 2.39. The lowest BCUT2D eigenvalue weighted by Crippen LogP contribution is -2.52. The van der Waals surface area contributed by atoms with Crippen LogP contribution in [-0.4, -0.2) is 16.3 Å². The summed E-state index contributed by atoms with van der Waals surface area (Å²) in [6.07, 6.45) is 4.02. The van der Waals surface area contributed by atoms with Gasteiger partial charge in [0.15, 0.2) is 0 Å². The average molecular weight is 165 g/mol. The van der Waals surface area contributed by atoms with Crippen LogP contribution in [0, 0.1) is 5.41 Å². The van der Waals surface area contributed by atoms with Crippen molar-refractivity contribution in [3.63, 3.8) is 0 Å². The third kappa shape index (κ3) is 1.05. The molecule has 1 aromatic rings. The lowest BCUT2D eigenvalue weighted by atomic mass is 9.75. The third-order valence-corrected chi connectivity index (χ3v) is 2.60. The van der Waals surface area contributed by atoms with E-state index in [-0.39, 0.29) is 0 Å². The number of aromatic nitrogens is 2. The van der Waals surface area contributed by atoms with Crippen molar-refractivity contribution < 1.29 is 0 Å². The quantitative estimate of drug-likeness (QED) is 0.675. The summed E-state index contributed by atoms with van der Waals surface area (Å²) in [5.41, 5.74) is 1.69. The van der Waals surface area contributed by atoms with Crippen LogP contribution >= 0.6 is 0 Å². The van der Waals surface area contributed by atoms with Crippen molar-refractivity contribution in [2.75, 3.05) is 6.54 Å². The van der Waals surface area contributed by atoms with E-state index in [0.29, 0.717) is 11.5 Å². The maximum atomic E-state index is 4.16. The number of aryl methyl sites for hydroxylation is 1. The van der Waals surface area contributed by atoms with E-state index in [1.807, 2.05) is 17.9 Å². The zero-order valence-electron chi connectivity index (χ0n) is 7.83. The maximum absolute atomic E-state index is 4.16. The molecule has 0 saturated carbocycles. The van der Waals surface area contributed by atoms with E-state index in [2.05, 4.69) is 30.5 Å². The molecule has 0 bridgehead atoms. The highest BCUT2D eigenvalue weighted by molar-refractivity contribution is 5.18. The monoisotopic (exact) mass is 165 g/mol. The first kappa shape index (κ1) is 7.80. The zero-order chi connectivity index (χ0) is 8.77. The predicted molar refractivity (Wildman–Crippen MR) is 47.7 cm³/mol. The fourth-order valence-electron chi connectivity index (χ4n) is 1.77. The Kier molecular flexibility index (Phi) is 1.51. The summed E-state index contributed by atoms with van der Waals surface area (Å²) in [5.74, 6) is 0. The normalized spacial score (nSPS) is 26.8. The Balaban J connectivity index is 2.21. The van der Waals surface area contributed by atoms with Gasteiger partial charge in [0.2, 0.25) is 0 Å². The Morgan fingerprint density at radius 3 is 2.75 bits per heavy atom. The summed E-state index contributed by atoms with van der Waals surface area (Å²) < 4.78 is 1.85.